The number of Topliss-reactive ketones (excluding diaryl/α,β-unsaturated/α-hetero) is 1. The van der Waals surface area contributed by atoms with E-state index in [2.05, 4.69) is 5.32 Å². The van der Waals surface area contributed by atoms with Gasteiger partial charge in [0.15, 0.2) is 5.78 Å². The van der Waals surface area contributed by atoms with Gasteiger partial charge in [0.2, 0.25) is 0 Å². The van der Waals surface area contributed by atoms with Gasteiger partial charge in [-0.15, -0.1) is 0 Å². The number of aryl methyl sites for hydroxylation is 1. The minimum atomic E-state index is -0.461. The molecule has 142 valence electrons. The molecule has 8 heteroatoms. The first-order valence-corrected chi connectivity index (χ1v) is 8.76. The maximum absolute atomic E-state index is 12.3. The Bertz CT molecular complexity index is 881. The highest BCUT2D eigenvalue weighted by Crippen LogP contribution is 2.31. The van der Waals surface area contributed by atoms with Gasteiger partial charge in [-0.2, -0.15) is 0 Å². The SMILES string of the molecule is CC(=O)c1ccc(N2CCC(NC(=O)c3ccoc3C)CC2)c([N+](=O)[O-])c1. The van der Waals surface area contributed by atoms with E-state index in [0.717, 1.165) is 0 Å². The summed E-state index contributed by atoms with van der Waals surface area (Å²) in [7, 11) is 0. The first-order valence-electron chi connectivity index (χ1n) is 8.76. The predicted octanol–water partition coefficient (Wildman–Crippen LogP) is 3.10. The highest BCUT2D eigenvalue weighted by molar-refractivity contribution is 5.96. The minimum absolute atomic E-state index is 0.00130. The number of ketones is 1. The van der Waals surface area contributed by atoms with E-state index in [1.807, 2.05) is 4.90 Å². The van der Waals surface area contributed by atoms with Crippen LogP contribution in [-0.2, 0) is 0 Å². The number of carbonyl (C=O) groups excluding carboxylic acids is 2. The molecule has 0 atom stereocenters. The summed E-state index contributed by atoms with van der Waals surface area (Å²) in [4.78, 5) is 36.7. The number of amides is 1. The zero-order valence-electron chi connectivity index (χ0n) is 15.2. The van der Waals surface area contributed by atoms with Crippen molar-refractivity contribution in [2.75, 3.05) is 18.0 Å². The molecule has 1 aromatic heterocycles. The number of nitro groups is 1. The Morgan fingerprint density at radius 2 is 1.96 bits per heavy atom. The van der Waals surface area contributed by atoms with Crippen molar-refractivity contribution in [2.24, 2.45) is 0 Å². The Balaban J connectivity index is 1.67. The fourth-order valence-electron chi connectivity index (χ4n) is 3.30. The largest absolute Gasteiger partial charge is 0.469 e. The molecule has 0 spiro atoms. The van der Waals surface area contributed by atoms with Crippen molar-refractivity contribution in [2.45, 2.75) is 32.7 Å². The maximum Gasteiger partial charge on any atom is 0.293 e. The van der Waals surface area contributed by atoms with E-state index >= 15 is 0 Å². The molecular weight excluding hydrogens is 350 g/mol. The number of nitrogens with one attached hydrogen (secondary N) is 1. The van der Waals surface area contributed by atoms with E-state index in [1.165, 1.54) is 19.3 Å². The number of furan rings is 1. The number of hydrogen-bond donors (Lipinski definition) is 1. The lowest BCUT2D eigenvalue weighted by molar-refractivity contribution is -0.384. The van der Waals surface area contributed by atoms with Crippen LogP contribution in [0.1, 0.15) is 46.2 Å². The van der Waals surface area contributed by atoms with Crippen LogP contribution >= 0.6 is 0 Å². The van der Waals surface area contributed by atoms with Crippen LogP contribution in [0.15, 0.2) is 34.9 Å². The van der Waals surface area contributed by atoms with E-state index in [4.69, 9.17) is 4.42 Å². The van der Waals surface area contributed by atoms with Gasteiger partial charge in [-0.3, -0.25) is 19.7 Å². The highest BCUT2D eigenvalue weighted by atomic mass is 16.6. The second-order valence-electron chi connectivity index (χ2n) is 6.64. The fourth-order valence-corrected chi connectivity index (χ4v) is 3.30. The van der Waals surface area contributed by atoms with Crippen molar-refractivity contribution in [3.05, 3.63) is 57.5 Å². The summed E-state index contributed by atoms with van der Waals surface area (Å²) < 4.78 is 5.15. The molecule has 8 nitrogen and oxygen atoms in total. The fraction of sp³-hybridized carbons (Fsp3) is 0.368. The number of piperidine rings is 1. The molecule has 2 heterocycles. The maximum atomic E-state index is 12.3. The van der Waals surface area contributed by atoms with Crippen LogP contribution in [0, 0.1) is 17.0 Å². The number of nitro benzene ring substituents is 1. The van der Waals surface area contributed by atoms with E-state index in [1.54, 1.807) is 25.1 Å². The van der Waals surface area contributed by atoms with Crippen molar-refractivity contribution in [1.82, 2.24) is 5.32 Å². The van der Waals surface area contributed by atoms with Gasteiger partial charge in [-0.1, -0.05) is 0 Å². The normalized spacial score (nSPS) is 14.8. The number of rotatable bonds is 5. The number of anilines is 1. The zero-order chi connectivity index (χ0) is 19.6. The summed E-state index contributed by atoms with van der Waals surface area (Å²) in [6.07, 6.45) is 2.83. The number of hydrogen-bond acceptors (Lipinski definition) is 6. The molecule has 1 fully saturated rings. The topological polar surface area (TPSA) is 106 Å². The summed E-state index contributed by atoms with van der Waals surface area (Å²) in [5, 5.41) is 14.4. The Kier molecular flexibility index (Phi) is 5.25. The van der Waals surface area contributed by atoms with Gasteiger partial charge >= 0.3 is 0 Å². The Hall–Kier alpha value is -3.16. The number of carbonyl (C=O) groups is 2. The van der Waals surface area contributed by atoms with Crippen molar-refractivity contribution in [3.63, 3.8) is 0 Å². The molecule has 0 radical (unpaired) electrons. The van der Waals surface area contributed by atoms with E-state index in [9.17, 15) is 19.7 Å². The third-order valence-electron chi connectivity index (χ3n) is 4.85. The Labute approximate surface area is 156 Å². The Morgan fingerprint density at radius 3 is 2.52 bits per heavy atom. The van der Waals surface area contributed by atoms with Gasteiger partial charge < -0.3 is 14.6 Å². The predicted molar refractivity (Wildman–Crippen MR) is 99.2 cm³/mol. The van der Waals surface area contributed by atoms with Crippen LogP contribution in [0.2, 0.25) is 0 Å². The average Bonchev–Trinajstić information content (AvgIpc) is 3.08. The molecule has 1 aliphatic heterocycles. The molecule has 0 unspecified atom stereocenters. The summed E-state index contributed by atoms with van der Waals surface area (Å²) in [5.74, 6) is 0.197. The quantitative estimate of drug-likeness (QED) is 0.492. The van der Waals surface area contributed by atoms with Gasteiger partial charge in [0.1, 0.15) is 11.4 Å². The van der Waals surface area contributed by atoms with E-state index in [0.29, 0.717) is 48.5 Å². The van der Waals surface area contributed by atoms with Crippen LogP contribution in [0.3, 0.4) is 0 Å². The lowest BCUT2D eigenvalue weighted by atomic mass is 10.0. The van der Waals surface area contributed by atoms with Crippen molar-refractivity contribution < 1.29 is 18.9 Å². The minimum Gasteiger partial charge on any atom is -0.469 e. The first kappa shape index (κ1) is 18.6. The molecule has 27 heavy (non-hydrogen) atoms. The summed E-state index contributed by atoms with van der Waals surface area (Å²) in [5.41, 5.74) is 1.27. The van der Waals surface area contributed by atoms with Gasteiger partial charge in [0, 0.05) is 30.8 Å². The van der Waals surface area contributed by atoms with Crippen molar-refractivity contribution >= 4 is 23.1 Å². The zero-order valence-corrected chi connectivity index (χ0v) is 15.2. The van der Waals surface area contributed by atoms with Gasteiger partial charge in [-0.25, -0.2) is 0 Å². The number of benzene rings is 1. The van der Waals surface area contributed by atoms with Gasteiger partial charge in [0.25, 0.3) is 11.6 Å². The molecule has 2 aromatic rings. The Morgan fingerprint density at radius 1 is 1.26 bits per heavy atom. The van der Waals surface area contributed by atoms with Gasteiger partial charge in [-0.05, 0) is 44.9 Å². The van der Waals surface area contributed by atoms with Crippen molar-refractivity contribution in [3.8, 4) is 0 Å². The van der Waals surface area contributed by atoms with E-state index in [-0.39, 0.29) is 23.4 Å². The van der Waals surface area contributed by atoms with Crippen LogP contribution < -0.4 is 10.2 Å². The van der Waals surface area contributed by atoms with Crippen LogP contribution in [0.5, 0.6) is 0 Å². The molecule has 1 N–H and O–H groups in total. The van der Waals surface area contributed by atoms with Crippen LogP contribution in [-0.4, -0.2) is 35.7 Å². The molecule has 0 saturated carbocycles. The summed E-state index contributed by atoms with van der Waals surface area (Å²) in [6, 6.07) is 6.20. The molecule has 0 bridgehead atoms. The summed E-state index contributed by atoms with van der Waals surface area (Å²) >= 11 is 0. The summed E-state index contributed by atoms with van der Waals surface area (Å²) in [6.45, 7) is 4.28. The molecule has 1 aromatic carbocycles. The van der Waals surface area contributed by atoms with Crippen LogP contribution in [0.4, 0.5) is 11.4 Å². The number of nitrogens with zero attached hydrogens (tertiary/aromatic N) is 2. The highest BCUT2D eigenvalue weighted by Gasteiger charge is 2.27. The third-order valence-corrected chi connectivity index (χ3v) is 4.85. The third kappa shape index (κ3) is 3.99. The molecule has 1 amide bonds. The molecule has 1 aliphatic rings. The average molecular weight is 371 g/mol. The van der Waals surface area contributed by atoms with Crippen molar-refractivity contribution in [1.29, 1.82) is 0 Å². The van der Waals surface area contributed by atoms with Crippen LogP contribution in [0.25, 0.3) is 0 Å². The van der Waals surface area contributed by atoms with E-state index < -0.39 is 4.92 Å². The second-order valence-corrected chi connectivity index (χ2v) is 6.64. The first-order chi connectivity index (χ1) is 12.9. The monoisotopic (exact) mass is 371 g/mol. The smallest absolute Gasteiger partial charge is 0.293 e. The lowest BCUT2D eigenvalue weighted by Crippen LogP contribution is -2.44. The molecule has 0 aliphatic carbocycles. The second kappa shape index (κ2) is 7.61. The standard InChI is InChI=1S/C19H21N3O5/c1-12(23)14-3-4-17(18(11-14)22(25)26)21-8-5-15(6-9-21)20-19(24)16-7-10-27-13(16)2/h3-4,7,10-11,15H,5-6,8-9H2,1-2H3,(H,20,24). The molecule has 3 rings (SSSR count). The lowest BCUT2D eigenvalue weighted by Gasteiger charge is -2.33. The van der Waals surface area contributed by atoms with Gasteiger partial charge in [0.05, 0.1) is 16.7 Å². The molecular formula is C19H21N3O5. The molecule has 1 saturated heterocycles.